The van der Waals surface area contributed by atoms with Crippen LogP contribution >= 0.6 is 11.6 Å². The fourth-order valence-electron chi connectivity index (χ4n) is 1.70. The number of rotatable bonds is 4. The molecule has 2 N–H and O–H groups in total. The molecule has 0 saturated heterocycles. The van der Waals surface area contributed by atoms with Gasteiger partial charge in [0.1, 0.15) is 0 Å². The summed E-state index contributed by atoms with van der Waals surface area (Å²) < 4.78 is 10.4. The van der Waals surface area contributed by atoms with Gasteiger partial charge in [0.05, 0.1) is 18.4 Å². The fourth-order valence-corrected chi connectivity index (χ4v) is 2.01. The number of benzene rings is 1. The summed E-state index contributed by atoms with van der Waals surface area (Å²) in [6, 6.07) is 3.30. The van der Waals surface area contributed by atoms with Crippen LogP contribution in [0.4, 0.5) is 0 Å². The third-order valence-corrected chi connectivity index (χ3v) is 2.94. The molecule has 0 fully saturated rings. The first-order chi connectivity index (χ1) is 8.19. The second-order valence-corrected chi connectivity index (χ2v) is 3.94. The monoisotopic (exact) mass is 253 g/mol. The number of hydrogen-bond acceptors (Lipinski definition) is 4. The third kappa shape index (κ3) is 2.01. The summed E-state index contributed by atoms with van der Waals surface area (Å²) in [6.45, 7) is 0.293. The molecule has 0 aliphatic rings. The number of carbonyl (C=O) groups excluding carboxylic acids is 1. The minimum atomic E-state index is -0.0982. The van der Waals surface area contributed by atoms with Crippen LogP contribution in [0.25, 0.3) is 11.0 Å². The van der Waals surface area contributed by atoms with E-state index in [1.165, 1.54) is 13.4 Å². The fraction of sp³-hybridized carbons (Fsp3) is 0.250. The standard InChI is InChI=1S/C12H12ClNO3/c1-16-10-6-8(9(15)2-4-14)11(13)7-3-5-17-12(7)10/h3,5-6H,2,4,14H2,1H3. The van der Waals surface area contributed by atoms with Gasteiger partial charge in [-0.3, -0.25) is 4.79 Å². The number of ketones is 1. The first kappa shape index (κ1) is 12.0. The summed E-state index contributed by atoms with van der Waals surface area (Å²) in [6.07, 6.45) is 1.77. The Balaban J connectivity index is 2.63. The molecule has 2 aromatic rings. The summed E-state index contributed by atoms with van der Waals surface area (Å²) in [7, 11) is 1.52. The average Bonchev–Trinajstić information content (AvgIpc) is 2.79. The average molecular weight is 254 g/mol. The zero-order chi connectivity index (χ0) is 12.4. The minimum absolute atomic E-state index is 0.0982. The number of nitrogens with two attached hydrogens (primary N) is 1. The van der Waals surface area contributed by atoms with Crippen LogP contribution in [0.5, 0.6) is 5.75 Å². The van der Waals surface area contributed by atoms with Crippen molar-refractivity contribution in [2.24, 2.45) is 5.73 Å². The topological polar surface area (TPSA) is 65.5 Å². The Labute approximate surface area is 103 Å². The van der Waals surface area contributed by atoms with E-state index in [4.69, 9.17) is 26.5 Å². The highest BCUT2D eigenvalue weighted by Crippen LogP contribution is 2.35. The summed E-state index contributed by atoms with van der Waals surface area (Å²) in [5, 5.41) is 1.05. The Morgan fingerprint density at radius 2 is 2.35 bits per heavy atom. The van der Waals surface area contributed by atoms with Gasteiger partial charge in [-0.25, -0.2) is 0 Å². The highest BCUT2D eigenvalue weighted by molar-refractivity contribution is 6.38. The molecule has 4 nitrogen and oxygen atoms in total. The molecule has 0 aliphatic heterocycles. The molecule has 0 spiro atoms. The van der Waals surface area contributed by atoms with Crippen LogP contribution in [0, 0.1) is 0 Å². The van der Waals surface area contributed by atoms with Crippen molar-refractivity contribution < 1.29 is 13.9 Å². The Hall–Kier alpha value is -1.52. The van der Waals surface area contributed by atoms with Gasteiger partial charge in [-0.2, -0.15) is 0 Å². The van der Waals surface area contributed by atoms with Crippen molar-refractivity contribution in [2.45, 2.75) is 6.42 Å². The van der Waals surface area contributed by atoms with E-state index < -0.39 is 0 Å². The van der Waals surface area contributed by atoms with Gasteiger partial charge in [0.15, 0.2) is 17.1 Å². The predicted molar refractivity (Wildman–Crippen MR) is 65.8 cm³/mol. The van der Waals surface area contributed by atoms with Gasteiger partial charge in [-0.1, -0.05) is 11.6 Å². The Bertz CT molecular complexity index is 562. The zero-order valence-electron chi connectivity index (χ0n) is 9.33. The molecule has 0 atom stereocenters. The number of hydrogen-bond donors (Lipinski definition) is 1. The number of Topliss-reactive ketones (excluding diaryl/α,β-unsaturated/α-hetero) is 1. The molecule has 17 heavy (non-hydrogen) atoms. The number of fused-ring (bicyclic) bond motifs is 1. The van der Waals surface area contributed by atoms with E-state index in [0.29, 0.717) is 33.8 Å². The third-order valence-electron chi connectivity index (χ3n) is 2.53. The van der Waals surface area contributed by atoms with Crippen LogP contribution in [0.3, 0.4) is 0 Å². The lowest BCUT2D eigenvalue weighted by atomic mass is 10.1. The van der Waals surface area contributed by atoms with E-state index in [1.807, 2.05) is 0 Å². The molecule has 1 heterocycles. The number of halogens is 1. The first-order valence-corrected chi connectivity index (χ1v) is 5.53. The smallest absolute Gasteiger partial charge is 0.177 e. The van der Waals surface area contributed by atoms with Crippen LogP contribution < -0.4 is 10.5 Å². The van der Waals surface area contributed by atoms with Gasteiger partial charge < -0.3 is 14.9 Å². The quantitative estimate of drug-likeness (QED) is 0.851. The largest absolute Gasteiger partial charge is 0.493 e. The Morgan fingerprint density at radius 3 is 3.00 bits per heavy atom. The maximum absolute atomic E-state index is 11.8. The molecule has 0 bridgehead atoms. The van der Waals surface area contributed by atoms with Crippen molar-refractivity contribution in [3.8, 4) is 5.75 Å². The van der Waals surface area contributed by atoms with Crippen molar-refractivity contribution >= 4 is 28.4 Å². The van der Waals surface area contributed by atoms with Gasteiger partial charge in [0.25, 0.3) is 0 Å². The van der Waals surface area contributed by atoms with Crippen LogP contribution in [0.1, 0.15) is 16.8 Å². The van der Waals surface area contributed by atoms with Crippen molar-refractivity contribution in [1.29, 1.82) is 0 Å². The first-order valence-electron chi connectivity index (χ1n) is 5.16. The molecule has 2 rings (SSSR count). The molecule has 0 saturated carbocycles. The predicted octanol–water partition coefficient (Wildman–Crippen LogP) is 2.63. The normalized spacial score (nSPS) is 10.8. The summed E-state index contributed by atoms with van der Waals surface area (Å²) in [5.74, 6) is 0.397. The lowest BCUT2D eigenvalue weighted by molar-refractivity contribution is 0.0985. The molecule has 90 valence electrons. The van der Waals surface area contributed by atoms with Gasteiger partial charge >= 0.3 is 0 Å². The van der Waals surface area contributed by atoms with E-state index >= 15 is 0 Å². The van der Waals surface area contributed by atoms with Crippen molar-refractivity contribution in [1.82, 2.24) is 0 Å². The van der Waals surface area contributed by atoms with Crippen molar-refractivity contribution in [2.75, 3.05) is 13.7 Å². The van der Waals surface area contributed by atoms with E-state index in [0.717, 1.165) is 0 Å². The summed E-state index contributed by atoms with van der Waals surface area (Å²) in [5.41, 5.74) is 6.33. The second kappa shape index (κ2) is 4.77. The van der Waals surface area contributed by atoms with Gasteiger partial charge in [-0.15, -0.1) is 0 Å². The van der Waals surface area contributed by atoms with E-state index in [2.05, 4.69) is 0 Å². The van der Waals surface area contributed by atoms with Crippen molar-refractivity contribution in [3.63, 3.8) is 0 Å². The van der Waals surface area contributed by atoms with E-state index in [9.17, 15) is 4.79 Å². The SMILES string of the molecule is COc1cc(C(=O)CCN)c(Cl)c2ccoc12. The van der Waals surface area contributed by atoms with E-state index in [-0.39, 0.29) is 12.2 Å². The van der Waals surface area contributed by atoms with Crippen LogP contribution in [0.2, 0.25) is 5.02 Å². The highest BCUT2D eigenvalue weighted by Gasteiger charge is 2.18. The number of carbonyl (C=O) groups is 1. The lowest BCUT2D eigenvalue weighted by Crippen LogP contribution is -2.08. The second-order valence-electron chi connectivity index (χ2n) is 3.57. The maximum atomic E-state index is 11.8. The van der Waals surface area contributed by atoms with E-state index in [1.54, 1.807) is 12.1 Å². The van der Waals surface area contributed by atoms with Crippen LogP contribution in [-0.4, -0.2) is 19.4 Å². The molecule has 0 amide bonds. The Kier molecular flexibility index (Phi) is 3.36. The molecule has 5 heteroatoms. The van der Waals surface area contributed by atoms with Gasteiger partial charge in [-0.05, 0) is 18.7 Å². The Morgan fingerprint density at radius 1 is 1.59 bits per heavy atom. The minimum Gasteiger partial charge on any atom is -0.493 e. The van der Waals surface area contributed by atoms with Crippen LogP contribution in [-0.2, 0) is 0 Å². The van der Waals surface area contributed by atoms with Crippen molar-refractivity contribution in [3.05, 3.63) is 29.0 Å². The molecule has 0 aliphatic carbocycles. The summed E-state index contributed by atoms with van der Waals surface area (Å²) >= 11 is 6.17. The summed E-state index contributed by atoms with van der Waals surface area (Å²) in [4.78, 5) is 11.8. The van der Waals surface area contributed by atoms with Crippen LogP contribution in [0.15, 0.2) is 22.8 Å². The zero-order valence-corrected chi connectivity index (χ0v) is 10.1. The maximum Gasteiger partial charge on any atom is 0.177 e. The molecule has 1 aromatic heterocycles. The van der Waals surface area contributed by atoms with Gasteiger partial charge in [0, 0.05) is 17.4 Å². The lowest BCUT2D eigenvalue weighted by Gasteiger charge is -2.07. The number of furan rings is 1. The van der Waals surface area contributed by atoms with Gasteiger partial charge in [0.2, 0.25) is 0 Å². The molecule has 0 radical (unpaired) electrons. The molecule has 1 aromatic carbocycles. The number of methoxy groups -OCH3 is 1. The highest BCUT2D eigenvalue weighted by atomic mass is 35.5. The molecular weight excluding hydrogens is 242 g/mol. The molecular formula is C12H12ClNO3. The number of ether oxygens (including phenoxy) is 1. The molecule has 0 unspecified atom stereocenters.